The van der Waals surface area contributed by atoms with Crippen molar-refractivity contribution in [2.75, 3.05) is 7.05 Å². The van der Waals surface area contributed by atoms with Gasteiger partial charge in [0.1, 0.15) is 11.5 Å². The fourth-order valence-electron chi connectivity index (χ4n) is 1.68. The SMILES string of the molecule is CC.CN=C1NC(C)(C)c2cccnc21. The van der Waals surface area contributed by atoms with Gasteiger partial charge in [-0.05, 0) is 19.9 Å². The van der Waals surface area contributed by atoms with E-state index >= 15 is 0 Å². The van der Waals surface area contributed by atoms with Crippen LogP contribution in [0, 0.1) is 0 Å². The van der Waals surface area contributed by atoms with Gasteiger partial charge in [-0.15, -0.1) is 0 Å². The van der Waals surface area contributed by atoms with Gasteiger partial charge in [0.05, 0.1) is 5.54 Å². The van der Waals surface area contributed by atoms with E-state index in [1.807, 2.05) is 19.9 Å². The van der Waals surface area contributed by atoms with Crippen molar-refractivity contribution in [3.05, 3.63) is 29.6 Å². The third-order valence-corrected chi connectivity index (χ3v) is 2.36. The summed E-state index contributed by atoms with van der Waals surface area (Å²) < 4.78 is 0. The Labute approximate surface area is 91.7 Å². The molecule has 1 aliphatic heterocycles. The highest BCUT2D eigenvalue weighted by Gasteiger charge is 2.33. The highest BCUT2D eigenvalue weighted by atomic mass is 15.1. The maximum Gasteiger partial charge on any atom is 0.148 e. The lowest BCUT2D eigenvalue weighted by molar-refractivity contribution is 0.505. The highest BCUT2D eigenvalue weighted by molar-refractivity contribution is 6.02. The molecule has 1 aromatic rings. The molecule has 2 rings (SSSR count). The van der Waals surface area contributed by atoms with Crippen molar-refractivity contribution in [3.8, 4) is 0 Å². The Morgan fingerprint density at radius 1 is 1.33 bits per heavy atom. The van der Waals surface area contributed by atoms with Crippen molar-refractivity contribution in [3.63, 3.8) is 0 Å². The van der Waals surface area contributed by atoms with Crippen molar-refractivity contribution in [1.29, 1.82) is 0 Å². The van der Waals surface area contributed by atoms with Crippen LogP contribution in [-0.2, 0) is 5.54 Å². The molecule has 0 amide bonds. The molecule has 0 radical (unpaired) electrons. The summed E-state index contributed by atoms with van der Waals surface area (Å²) in [4.78, 5) is 8.48. The summed E-state index contributed by atoms with van der Waals surface area (Å²) in [5.74, 6) is 0.889. The Bertz CT molecular complexity index is 367. The summed E-state index contributed by atoms with van der Waals surface area (Å²) in [7, 11) is 1.78. The molecular weight excluding hydrogens is 186 g/mol. The van der Waals surface area contributed by atoms with Crippen LogP contribution in [0.1, 0.15) is 39.0 Å². The lowest BCUT2D eigenvalue weighted by Gasteiger charge is -2.18. The van der Waals surface area contributed by atoms with Gasteiger partial charge >= 0.3 is 0 Å². The molecule has 0 spiro atoms. The number of pyridine rings is 1. The predicted octanol–water partition coefficient (Wildman–Crippen LogP) is 2.32. The molecule has 0 saturated carbocycles. The molecular formula is C12H19N3. The van der Waals surface area contributed by atoms with E-state index < -0.39 is 0 Å². The number of aromatic nitrogens is 1. The lowest BCUT2D eigenvalue weighted by Crippen LogP contribution is -2.33. The second-order valence-corrected chi connectivity index (χ2v) is 3.72. The zero-order chi connectivity index (χ0) is 11.5. The van der Waals surface area contributed by atoms with Crippen molar-refractivity contribution in [2.45, 2.75) is 33.2 Å². The summed E-state index contributed by atoms with van der Waals surface area (Å²) in [5, 5.41) is 3.33. The zero-order valence-electron chi connectivity index (χ0n) is 10.1. The molecule has 2 heterocycles. The monoisotopic (exact) mass is 205 g/mol. The number of fused-ring (bicyclic) bond motifs is 1. The molecule has 82 valence electrons. The van der Waals surface area contributed by atoms with E-state index in [0.29, 0.717) is 0 Å². The molecule has 1 N–H and O–H groups in total. The first kappa shape index (κ1) is 11.7. The summed E-state index contributed by atoms with van der Waals surface area (Å²) in [5.41, 5.74) is 2.16. The molecule has 0 fully saturated rings. The topological polar surface area (TPSA) is 37.3 Å². The summed E-state index contributed by atoms with van der Waals surface area (Å²) in [6.45, 7) is 8.26. The van der Waals surface area contributed by atoms with E-state index in [9.17, 15) is 0 Å². The van der Waals surface area contributed by atoms with Crippen LogP contribution >= 0.6 is 0 Å². The second kappa shape index (κ2) is 4.43. The zero-order valence-corrected chi connectivity index (χ0v) is 10.1. The van der Waals surface area contributed by atoms with E-state index in [-0.39, 0.29) is 5.54 Å². The first-order chi connectivity index (χ1) is 7.15. The van der Waals surface area contributed by atoms with Gasteiger partial charge in [-0.3, -0.25) is 9.98 Å². The third-order valence-electron chi connectivity index (χ3n) is 2.36. The van der Waals surface area contributed by atoms with Crippen LogP contribution < -0.4 is 5.32 Å². The van der Waals surface area contributed by atoms with Crippen LogP contribution in [0.15, 0.2) is 23.3 Å². The normalized spacial score (nSPS) is 18.9. The molecule has 15 heavy (non-hydrogen) atoms. The number of hydrogen-bond acceptors (Lipinski definition) is 2. The smallest absolute Gasteiger partial charge is 0.148 e. The van der Waals surface area contributed by atoms with Gasteiger partial charge in [0, 0.05) is 18.8 Å². The summed E-state index contributed by atoms with van der Waals surface area (Å²) in [6, 6.07) is 4.05. The standard InChI is InChI=1S/C10H13N3.C2H6/c1-10(2)7-5-4-6-12-8(7)9(11-3)13-10;1-2/h4-6H,1-3H3,(H,11,13);1-2H3. The average Bonchev–Trinajstić information content (AvgIpc) is 2.54. The van der Waals surface area contributed by atoms with Gasteiger partial charge in [-0.1, -0.05) is 19.9 Å². The van der Waals surface area contributed by atoms with E-state index in [1.54, 1.807) is 13.2 Å². The maximum absolute atomic E-state index is 4.31. The van der Waals surface area contributed by atoms with Crippen LogP contribution in [0.5, 0.6) is 0 Å². The molecule has 0 atom stereocenters. The predicted molar refractivity (Wildman–Crippen MR) is 64.2 cm³/mol. The van der Waals surface area contributed by atoms with Gasteiger partial charge in [0.25, 0.3) is 0 Å². The van der Waals surface area contributed by atoms with Crippen molar-refractivity contribution < 1.29 is 0 Å². The molecule has 1 aliphatic rings. The van der Waals surface area contributed by atoms with Crippen LogP contribution in [0.2, 0.25) is 0 Å². The molecule has 0 aliphatic carbocycles. The Morgan fingerprint density at radius 3 is 2.60 bits per heavy atom. The van der Waals surface area contributed by atoms with Crippen LogP contribution in [0.25, 0.3) is 0 Å². The molecule has 0 unspecified atom stereocenters. The first-order valence-corrected chi connectivity index (χ1v) is 5.36. The van der Waals surface area contributed by atoms with Crippen molar-refractivity contribution >= 4 is 5.84 Å². The Morgan fingerprint density at radius 2 is 2.00 bits per heavy atom. The van der Waals surface area contributed by atoms with E-state index in [1.165, 1.54) is 5.56 Å². The number of aliphatic imine (C=N–C) groups is 1. The second-order valence-electron chi connectivity index (χ2n) is 3.72. The van der Waals surface area contributed by atoms with Gasteiger partial charge < -0.3 is 5.32 Å². The molecule has 3 heteroatoms. The number of amidine groups is 1. The quantitative estimate of drug-likeness (QED) is 0.705. The molecule has 3 nitrogen and oxygen atoms in total. The van der Waals surface area contributed by atoms with Gasteiger partial charge in [-0.2, -0.15) is 0 Å². The Hall–Kier alpha value is -1.38. The van der Waals surface area contributed by atoms with E-state index in [4.69, 9.17) is 0 Å². The fraction of sp³-hybridized carbons (Fsp3) is 0.500. The Kier molecular flexibility index (Phi) is 3.45. The summed E-state index contributed by atoms with van der Waals surface area (Å²) in [6.07, 6.45) is 1.80. The number of nitrogens with one attached hydrogen (secondary N) is 1. The van der Waals surface area contributed by atoms with Gasteiger partial charge in [0.2, 0.25) is 0 Å². The third kappa shape index (κ3) is 2.01. The minimum atomic E-state index is -0.0432. The average molecular weight is 205 g/mol. The maximum atomic E-state index is 4.31. The van der Waals surface area contributed by atoms with Crippen molar-refractivity contribution in [1.82, 2.24) is 10.3 Å². The van der Waals surface area contributed by atoms with E-state index in [2.05, 4.69) is 35.2 Å². The summed E-state index contributed by atoms with van der Waals surface area (Å²) >= 11 is 0. The van der Waals surface area contributed by atoms with Gasteiger partial charge in [-0.25, -0.2) is 0 Å². The van der Waals surface area contributed by atoms with Gasteiger partial charge in [0.15, 0.2) is 0 Å². The van der Waals surface area contributed by atoms with Crippen LogP contribution in [-0.4, -0.2) is 17.9 Å². The lowest BCUT2D eigenvalue weighted by atomic mass is 9.97. The minimum Gasteiger partial charge on any atom is -0.360 e. The van der Waals surface area contributed by atoms with Crippen LogP contribution in [0.4, 0.5) is 0 Å². The Balaban J connectivity index is 0.000000531. The molecule has 0 saturated heterocycles. The molecule has 1 aromatic heterocycles. The number of hydrogen-bond donors (Lipinski definition) is 1. The number of nitrogens with zero attached hydrogens (tertiary/aromatic N) is 2. The molecule has 0 aromatic carbocycles. The number of rotatable bonds is 0. The highest BCUT2D eigenvalue weighted by Crippen LogP contribution is 2.28. The largest absolute Gasteiger partial charge is 0.360 e. The fourth-order valence-corrected chi connectivity index (χ4v) is 1.68. The van der Waals surface area contributed by atoms with Crippen LogP contribution in [0.3, 0.4) is 0 Å². The minimum absolute atomic E-state index is 0.0432. The van der Waals surface area contributed by atoms with Crippen molar-refractivity contribution in [2.24, 2.45) is 4.99 Å². The first-order valence-electron chi connectivity index (χ1n) is 5.36. The van der Waals surface area contributed by atoms with E-state index in [0.717, 1.165) is 11.5 Å². The molecule has 0 bridgehead atoms.